The third kappa shape index (κ3) is 1.82. The predicted octanol–water partition coefficient (Wildman–Crippen LogP) is 1.37. The van der Waals surface area contributed by atoms with Crippen LogP contribution in [0.25, 0.3) is 0 Å². The van der Waals surface area contributed by atoms with Crippen molar-refractivity contribution in [2.24, 2.45) is 0 Å². The highest BCUT2D eigenvalue weighted by molar-refractivity contribution is 5.55. The molecule has 0 heterocycles. The number of phenolic OH excluding ortho intramolecular Hbond substituents is 2. The van der Waals surface area contributed by atoms with Gasteiger partial charge in [0.25, 0.3) is 0 Å². The molecule has 68 valence electrons. The maximum absolute atomic E-state index is 9.30. The van der Waals surface area contributed by atoms with Crippen LogP contribution in [0.4, 0.5) is 0 Å². The number of hydrogen-bond donors (Lipinski definition) is 2. The molecule has 0 unspecified atom stereocenters. The molecule has 0 saturated heterocycles. The van der Waals surface area contributed by atoms with Crippen molar-refractivity contribution >= 4 is 0 Å². The van der Waals surface area contributed by atoms with E-state index in [2.05, 4.69) is 0 Å². The highest BCUT2D eigenvalue weighted by Gasteiger charge is 2.10. The first-order valence-electron chi connectivity index (χ1n) is 3.78. The van der Waals surface area contributed by atoms with Gasteiger partial charge in [0.05, 0.1) is 6.61 Å². The summed E-state index contributed by atoms with van der Waals surface area (Å²) in [4.78, 5) is 0. The second-order valence-electron chi connectivity index (χ2n) is 2.39. The Morgan fingerprint density at radius 1 is 1.46 bits per heavy atom. The quantitative estimate of drug-likeness (QED) is 0.719. The average Bonchev–Trinajstić information content (AvgIpc) is 2.09. The van der Waals surface area contributed by atoms with Gasteiger partial charge in [0.1, 0.15) is 17.4 Å². The van der Waals surface area contributed by atoms with Crippen LogP contribution in [0.3, 0.4) is 0 Å². The minimum absolute atomic E-state index is 0.114. The van der Waals surface area contributed by atoms with Crippen LogP contribution >= 0.6 is 0 Å². The first-order chi connectivity index (χ1) is 6.19. The molecule has 0 spiro atoms. The number of ether oxygens (including phenoxy) is 1. The Morgan fingerprint density at radius 2 is 2.15 bits per heavy atom. The smallest absolute Gasteiger partial charge is 0.178 e. The monoisotopic (exact) mass is 179 g/mol. The molecular formula is C9H9NO3. The lowest BCUT2D eigenvalue weighted by Crippen LogP contribution is -1.94. The summed E-state index contributed by atoms with van der Waals surface area (Å²) in [6.45, 7) is 2.10. The van der Waals surface area contributed by atoms with Crippen molar-refractivity contribution in [2.45, 2.75) is 6.92 Å². The summed E-state index contributed by atoms with van der Waals surface area (Å²) in [7, 11) is 0. The van der Waals surface area contributed by atoms with Crippen molar-refractivity contribution in [2.75, 3.05) is 6.61 Å². The number of phenols is 2. The van der Waals surface area contributed by atoms with Crippen molar-refractivity contribution in [3.63, 3.8) is 0 Å². The number of aromatic hydroxyl groups is 2. The van der Waals surface area contributed by atoms with Crippen molar-refractivity contribution in [3.8, 4) is 23.3 Å². The number of rotatable bonds is 2. The van der Waals surface area contributed by atoms with Crippen LogP contribution in [0, 0.1) is 11.3 Å². The Morgan fingerprint density at radius 3 is 2.69 bits per heavy atom. The van der Waals surface area contributed by atoms with Crippen molar-refractivity contribution < 1.29 is 14.9 Å². The van der Waals surface area contributed by atoms with Gasteiger partial charge in [-0.1, -0.05) is 0 Å². The normalized spacial score (nSPS) is 9.23. The molecule has 0 radical (unpaired) electrons. The predicted molar refractivity (Wildman–Crippen MR) is 45.7 cm³/mol. The molecule has 0 aromatic heterocycles. The van der Waals surface area contributed by atoms with Gasteiger partial charge in [-0.3, -0.25) is 0 Å². The van der Waals surface area contributed by atoms with Crippen LogP contribution in [0.15, 0.2) is 12.1 Å². The van der Waals surface area contributed by atoms with E-state index in [0.717, 1.165) is 6.07 Å². The van der Waals surface area contributed by atoms with Gasteiger partial charge < -0.3 is 14.9 Å². The number of hydrogen-bond acceptors (Lipinski definition) is 4. The zero-order valence-corrected chi connectivity index (χ0v) is 7.11. The average molecular weight is 179 g/mol. The van der Waals surface area contributed by atoms with Gasteiger partial charge in [0, 0.05) is 12.1 Å². The summed E-state index contributed by atoms with van der Waals surface area (Å²) < 4.78 is 5.03. The van der Waals surface area contributed by atoms with Crippen molar-refractivity contribution in [1.29, 1.82) is 5.26 Å². The Labute approximate surface area is 75.6 Å². The Kier molecular flexibility index (Phi) is 2.60. The first-order valence-corrected chi connectivity index (χ1v) is 3.78. The van der Waals surface area contributed by atoms with Crippen LogP contribution in [0.1, 0.15) is 12.5 Å². The van der Waals surface area contributed by atoms with Gasteiger partial charge in [-0.2, -0.15) is 5.26 Å². The molecule has 0 atom stereocenters. The van der Waals surface area contributed by atoms with Crippen LogP contribution < -0.4 is 4.74 Å². The van der Waals surface area contributed by atoms with Gasteiger partial charge in [-0.05, 0) is 6.92 Å². The maximum Gasteiger partial charge on any atom is 0.178 e. The standard InChI is InChI=1S/C9H9NO3/c1-2-13-9-6(5-10)3-7(11)4-8(9)12/h3-4,11-12H,2H2,1H3. The zero-order valence-electron chi connectivity index (χ0n) is 7.11. The number of benzene rings is 1. The van der Waals surface area contributed by atoms with Crippen LogP contribution in [0.2, 0.25) is 0 Å². The minimum Gasteiger partial charge on any atom is -0.508 e. The molecule has 13 heavy (non-hydrogen) atoms. The van der Waals surface area contributed by atoms with Gasteiger partial charge in [-0.25, -0.2) is 0 Å². The van der Waals surface area contributed by atoms with E-state index in [1.165, 1.54) is 6.07 Å². The van der Waals surface area contributed by atoms with E-state index in [1.807, 2.05) is 6.07 Å². The molecule has 0 aliphatic heterocycles. The first kappa shape index (κ1) is 9.20. The largest absolute Gasteiger partial charge is 0.508 e. The van der Waals surface area contributed by atoms with E-state index < -0.39 is 0 Å². The Hall–Kier alpha value is -1.89. The molecule has 4 heteroatoms. The fourth-order valence-corrected chi connectivity index (χ4v) is 0.978. The molecule has 0 saturated carbocycles. The van der Waals surface area contributed by atoms with Gasteiger partial charge in [0.15, 0.2) is 11.5 Å². The van der Waals surface area contributed by atoms with Crippen LogP contribution in [-0.2, 0) is 0 Å². The number of nitrogens with zero attached hydrogens (tertiary/aromatic N) is 1. The van der Waals surface area contributed by atoms with Gasteiger partial charge >= 0.3 is 0 Å². The summed E-state index contributed by atoms with van der Waals surface area (Å²) >= 11 is 0. The van der Waals surface area contributed by atoms with E-state index in [9.17, 15) is 5.11 Å². The zero-order chi connectivity index (χ0) is 9.84. The molecule has 0 fully saturated rings. The number of nitriles is 1. The molecule has 0 aliphatic carbocycles. The highest BCUT2D eigenvalue weighted by Crippen LogP contribution is 2.33. The minimum atomic E-state index is -0.224. The maximum atomic E-state index is 9.30. The topological polar surface area (TPSA) is 73.5 Å². The van der Waals surface area contributed by atoms with Gasteiger partial charge in [0.2, 0.25) is 0 Å². The highest BCUT2D eigenvalue weighted by atomic mass is 16.5. The fourth-order valence-electron chi connectivity index (χ4n) is 0.978. The van der Waals surface area contributed by atoms with Gasteiger partial charge in [-0.15, -0.1) is 0 Å². The molecule has 4 nitrogen and oxygen atoms in total. The SMILES string of the molecule is CCOc1c(O)cc(O)cc1C#N. The van der Waals surface area contributed by atoms with Crippen LogP contribution in [-0.4, -0.2) is 16.8 Å². The van der Waals surface area contributed by atoms with Crippen LogP contribution in [0.5, 0.6) is 17.2 Å². The lowest BCUT2D eigenvalue weighted by molar-refractivity contribution is 0.315. The van der Waals surface area contributed by atoms with E-state index in [4.69, 9.17) is 15.1 Å². The third-order valence-electron chi connectivity index (χ3n) is 1.46. The van der Waals surface area contributed by atoms with Crippen molar-refractivity contribution in [3.05, 3.63) is 17.7 Å². The Balaban J connectivity index is 3.23. The summed E-state index contributed by atoms with van der Waals surface area (Å²) in [5.41, 5.74) is 0.124. The van der Waals surface area contributed by atoms with E-state index in [-0.39, 0.29) is 22.8 Å². The summed E-state index contributed by atoms with van der Waals surface area (Å²) in [6, 6.07) is 4.19. The molecule has 2 N–H and O–H groups in total. The van der Waals surface area contributed by atoms with Crippen molar-refractivity contribution in [1.82, 2.24) is 0 Å². The van der Waals surface area contributed by atoms with E-state index in [1.54, 1.807) is 6.92 Å². The van der Waals surface area contributed by atoms with E-state index in [0.29, 0.717) is 6.61 Å². The summed E-state index contributed by atoms with van der Waals surface area (Å²) in [6.07, 6.45) is 0. The lowest BCUT2D eigenvalue weighted by Gasteiger charge is -2.07. The molecule has 1 aromatic carbocycles. The fraction of sp³-hybridized carbons (Fsp3) is 0.222. The second kappa shape index (κ2) is 3.68. The molecule has 0 amide bonds. The second-order valence-corrected chi connectivity index (χ2v) is 2.39. The Bertz CT molecular complexity index is 355. The lowest BCUT2D eigenvalue weighted by atomic mass is 10.2. The molecular weight excluding hydrogens is 170 g/mol. The summed E-state index contributed by atoms with van der Waals surface area (Å²) in [5, 5.41) is 27.0. The third-order valence-corrected chi connectivity index (χ3v) is 1.46. The molecule has 0 bridgehead atoms. The molecule has 1 rings (SSSR count). The summed E-state index contributed by atoms with van der Waals surface area (Å²) in [5.74, 6) is -0.265. The molecule has 0 aliphatic rings. The van der Waals surface area contributed by atoms with E-state index >= 15 is 0 Å². The molecule has 1 aromatic rings.